The highest BCUT2D eigenvalue weighted by molar-refractivity contribution is 5.95. The lowest BCUT2D eigenvalue weighted by atomic mass is 10.1. The van der Waals surface area contributed by atoms with Crippen LogP contribution in [0.3, 0.4) is 0 Å². The molecule has 0 saturated carbocycles. The van der Waals surface area contributed by atoms with Crippen molar-refractivity contribution in [1.82, 2.24) is 15.0 Å². The van der Waals surface area contributed by atoms with E-state index < -0.39 is 0 Å². The van der Waals surface area contributed by atoms with E-state index in [9.17, 15) is 4.79 Å². The lowest BCUT2D eigenvalue weighted by molar-refractivity contribution is -0.118. The van der Waals surface area contributed by atoms with E-state index in [1.165, 1.54) is 11.3 Å². The number of amides is 1. The van der Waals surface area contributed by atoms with Crippen molar-refractivity contribution in [3.8, 4) is 11.4 Å². The Morgan fingerprint density at radius 3 is 2.21 bits per heavy atom. The Kier molecular flexibility index (Phi) is 7.11. The van der Waals surface area contributed by atoms with Gasteiger partial charge in [-0.15, -0.1) is 10.2 Å². The van der Waals surface area contributed by atoms with Crippen LogP contribution in [-0.2, 0) is 11.2 Å². The minimum atomic E-state index is -0.221. The first-order chi connectivity index (χ1) is 16.5. The van der Waals surface area contributed by atoms with E-state index in [-0.39, 0.29) is 12.5 Å². The smallest absolute Gasteiger partial charge is 0.262 e. The van der Waals surface area contributed by atoms with Crippen LogP contribution in [0.5, 0.6) is 5.75 Å². The molecule has 4 rings (SSSR count). The number of carbonyl (C=O) groups is 1. The quantitative estimate of drug-likeness (QED) is 0.376. The van der Waals surface area contributed by atoms with Crippen LogP contribution in [0.25, 0.3) is 16.7 Å². The van der Waals surface area contributed by atoms with Crippen LogP contribution in [0.1, 0.15) is 31.9 Å². The van der Waals surface area contributed by atoms with Crippen LogP contribution in [0.4, 0.5) is 11.4 Å². The number of nitrogens with zero attached hydrogens (tertiary/aromatic N) is 4. The molecule has 1 N–H and O–H groups in total. The first kappa shape index (κ1) is 23.3. The van der Waals surface area contributed by atoms with Gasteiger partial charge >= 0.3 is 0 Å². The minimum absolute atomic E-state index is 0.0610. The molecule has 0 unspecified atom stereocenters. The number of nitrogens with one attached hydrogen (secondary N) is 1. The zero-order chi connectivity index (χ0) is 24.1. The second-order valence-corrected chi connectivity index (χ2v) is 8.17. The number of hydrogen-bond acceptors (Lipinski definition) is 5. The number of carbonyl (C=O) groups excluding carboxylic acids is 1. The summed E-state index contributed by atoms with van der Waals surface area (Å²) in [5.74, 6) is 0.455. The lowest BCUT2D eigenvalue weighted by Crippen LogP contribution is -2.21. The van der Waals surface area contributed by atoms with Crippen LogP contribution in [-0.4, -0.2) is 40.6 Å². The molecular weight excluding hydrogens is 426 g/mol. The van der Waals surface area contributed by atoms with Crippen molar-refractivity contribution in [1.29, 1.82) is 0 Å². The molecule has 34 heavy (non-hydrogen) atoms. The summed E-state index contributed by atoms with van der Waals surface area (Å²) in [4.78, 5) is 16.4. The molecule has 1 aromatic heterocycles. The minimum Gasteiger partial charge on any atom is -0.484 e. The third kappa shape index (κ3) is 5.20. The molecule has 7 heteroatoms. The molecular formula is C27H31N5O2. The van der Waals surface area contributed by atoms with Crippen molar-refractivity contribution in [2.45, 2.75) is 34.1 Å². The van der Waals surface area contributed by atoms with Gasteiger partial charge < -0.3 is 15.0 Å². The fourth-order valence-electron chi connectivity index (χ4n) is 3.86. The third-order valence-electron chi connectivity index (χ3n) is 5.91. The Labute approximate surface area is 200 Å². The summed E-state index contributed by atoms with van der Waals surface area (Å²) in [6.45, 7) is 10.2. The van der Waals surface area contributed by atoms with Gasteiger partial charge in [-0.25, -0.2) is 0 Å². The summed E-state index contributed by atoms with van der Waals surface area (Å²) >= 11 is 0. The van der Waals surface area contributed by atoms with Gasteiger partial charge in [-0.1, -0.05) is 19.1 Å². The van der Waals surface area contributed by atoms with Crippen molar-refractivity contribution in [3.05, 3.63) is 71.8 Å². The van der Waals surface area contributed by atoms with Gasteiger partial charge in [0.15, 0.2) is 6.61 Å². The van der Waals surface area contributed by atoms with Crippen molar-refractivity contribution < 1.29 is 9.53 Å². The number of anilines is 2. The highest BCUT2D eigenvalue weighted by Crippen LogP contribution is 2.23. The van der Waals surface area contributed by atoms with E-state index in [1.807, 2.05) is 55.5 Å². The second-order valence-electron chi connectivity index (χ2n) is 8.17. The van der Waals surface area contributed by atoms with Gasteiger partial charge in [-0.05, 0) is 86.8 Å². The lowest BCUT2D eigenvalue weighted by Gasteiger charge is -2.20. The largest absolute Gasteiger partial charge is 0.484 e. The Hall–Kier alpha value is -3.87. The number of hydrogen-bond donors (Lipinski definition) is 1. The Bertz CT molecular complexity index is 1260. The number of benzene rings is 3. The number of aryl methyl sites for hydroxylation is 2. The van der Waals surface area contributed by atoms with E-state index in [2.05, 4.69) is 53.3 Å². The van der Waals surface area contributed by atoms with Crippen molar-refractivity contribution >= 4 is 28.3 Å². The molecule has 3 aromatic carbocycles. The predicted molar refractivity (Wildman–Crippen MR) is 137 cm³/mol. The molecule has 4 aromatic rings. The molecule has 0 bridgehead atoms. The standard InChI is InChI=1S/C27H31N5O2/c1-5-20-8-14-23(15-9-20)34-18-27(33)28-24-17-26-25(16-19(24)4)29-32(30-26)22-12-10-21(11-13-22)31(6-2)7-3/h8-17H,5-7,18H2,1-4H3,(H,28,33). The highest BCUT2D eigenvalue weighted by Gasteiger charge is 2.12. The summed E-state index contributed by atoms with van der Waals surface area (Å²) in [6, 6.07) is 19.8. The first-order valence-electron chi connectivity index (χ1n) is 11.7. The van der Waals surface area contributed by atoms with Crippen LogP contribution in [0.2, 0.25) is 0 Å². The third-order valence-corrected chi connectivity index (χ3v) is 5.91. The first-order valence-corrected chi connectivity index (χ1v) is 11.7. The van der Waals surface area contributed by atoms with E-state index >= 15 is 0 Å². The van der Waals surface area contributed by atoms with Crippen molar-refractivity contribution in [3.63, 3.8) is 0 Å². The molecule has 0 fully saturated rings. The average molecular weight is 458 g/mol. The maximum atomic E-state index is 12.5. The van der Waals surface area contributed by atoms with Gasteiger partial charge in [0.25, 0.3) is 5.91 Å². The van der Waals surface area contributed by atoms with Crippen LogP contribution in [0.15, 0.2) is 60.7 Å². The van der Waals surface area contributed by atoms with Crippen molar-refractivity contribution in [2.24, 2.45) is 0 Å². The summed E-state index contributed by atoms with van der Waals surface area (Å²) in [6.07, 6.45) is 0.967. The maximum absolute atomic E-state index is 12.5. The Balaban J connectivity index is 1.46. The number of ether oxygens (including phenoxy) is 1. The van der Waals surface area contributed by atoms with E-state index in [1.54, 1.807) is 4.80 Å². The predicted octanol–water partition coefficient (Wildman–Crippen LogP) is 5.16. The molecule has 176 valence electrons. The summed E-state index contributed by atoms with van der Waals surface area (Å²) < 4.78 is 5.62. The summed E-state index contributed by atoms with van der Waals surface area (Å²) in [5.41, 5.74) is 6.39. The van der Waals surface area contributed by atoms with E-state index in [0.717, 1.165) is 36.3 Å². The van der Waals surface area contributed by atoms with Crippen molar-refractivity contribution in [2.75, 3.05) is 29.9 Å². The van der Waals surface area contributed by atoms with Gasteiger partial charge in [0.2, 0.25) is 0 Å². The fraction of sp³-hybridized carbons (Fsp3) is 0.296. The van der Waals surface area contributed by atoms with Gasteiger partial charge in [-0.2, -0.15) is 4.80 Å². The monoisotopic (exact) mass is 457 g/mol. The average Bonchev–Trinajstić information content (AvgIpc) is 3.27. The number of fused-ring (bicyclic) bond motifs is 1. The highest BCUT2D eigenvalue weighted by atomic mass is 16.5. The Morgan fingerprint density at radius 1 is 0.941 bits per heavy atom. The SMILES string of the molecule is CCc1ccc(OCC(=O)Nc2cc3nn(-c4ccc(N(CC)CC)cc4)nc3cc2C)cc1. The zero-order valence-electron chi connectivity index (χ0n) is 20.2. The van der Waals surface area contributed by atoms with E-state index in [4.69, 9.17) is 4.74 Å². The summed E-state index contributed by atoms with van der Waals surface area (Å²) in [7, 11) is 0. The van der Waals surface area contributed by atoms with Gasteiger partial charge in [0, 0.05) is 24.5 Å². The van der Waals surface area contributed by atoms with Crippen LogP contribution < -0.4 is 15.0 Å². The molecule has 1 heterocycles. The second kappa shape index (κ2) is 10.4. The van der Waals surface area contributed by atoms with Gasteiger partial charge in [0.05, 0.1) is 5.69 Å². The number of aromatic nitrogens is 3. The summed E-state index contributed by atoms with van der Waals surface area (Å²) in [5, 5.41) is 12.2. The number of rotatable bonds is 9. The molecule has 0 aliphatic carbocycles. The molecule has 0 aliphatic rings. The molecule has 0 saturated heterocycles. The van der Waals surface area contributed by atoms with Gasteiger partial charge in [-0.3, -0.25) is 4.79 Å². The van der Waals surface area contributed by atoms with Crippen LogP contribution in [0, 0.1) is 6.92 Å². The molecule has 1 amide bonds. The molecule has 0 spiro atoms. The van der Waals surface area contributed by atoms with Crippen LogP contribution >= 0.6 is 0 Å². The fourth-order valence-corrected chi connectivity index (χ4v) is 3.86. The topological polar surface area (TPSA) is 72.3 Å². The van der Waals surface area contributed by atoms with Gasteiger partial charge in [0.1, 0.15) is 16.8 Å². The Morgan fingerprint density at radius 2 is 1.59 bits per heavy atom. The molecule has 7 nitrogen and oxygen atoms in total. The molecule has 0 atom stereocenters. The zero-order valence-corrected chi connectivity index (χ0v) is 20.2. The molecule has 0 radical (unpaired) electrons. The normalized spacial score (nSPS) is 10.9. The van der Waals surface area contributed by atoms with E-state index in [0.29, 0.717) is 17.0 Å². The maximum Gasteiger partial charge on any atom is 0.262 e. The molecule has 0 aliphatic heterocycles.